The van der Waals surface area contributed by atoms with Crippen LogP contribution in [0.4, 0.5) is 0 Å². The first-order valence-corrected chi connectivity index (χ1v) is 5.82. The van der Waals surface area contributed by atoms with Gasteiger partial charge in [0.15, 0.2) is 0 Å². The van der Waals surface area contributed by atoms with Crippen LogP contribution in [0.25, 0.3) is 0 Å². The summed E-state index contributed by atoms with van der Waals surface area (Å²) in [6.45, 7) is 1.99. The number of rotatable bonds is 6. The van der Waals surface area contributed by atoms with Gasteiger partial charge in [-0.1, -0.05) is 42.4 Å². The summed E-state index contributed by atoms with van der Waals surface area (Å²) in [6, 6.07) is 0. The second-order valence-electron chi connectivity index (χ2n) is 3.38. The van der Waals surface area contributed by atoms with Gasteiger partial charge in [-0.05, 0) is 26.2 Å². The van der Waals surface area contributed by atoms with Gasteiger partial charge in [-0.2, -0.15) is 0 Å². The van der Waals surface area contributed by atoms with Crippen molar-refractivity contribution in [3.8, 4) is 11.8 Å². The first kappa shape index (κ1) is 15.2. The predicted molar refractivity (Wildman–Crippen MR) is 71.4 cm³/mol. The SMILES string of the molecule is C/C=C/C=C/C=C\CCCCC#CC(=O)OC. The summed E-state index contributed by atoms with van der Waals surface area (Å²) >= 11 is 0. The number of ether oxygens (including phenoxy) is 1. The standard InChI is InChI=1S/C15H20O2/c1-3-4-5-6-7-8-9-10-11-12-13-14-15(16)17-2/h3-8H,9-12H2,1-2H3/b4-3+,6-5+,8-7-. The van der Waals surface area contributed by atoms with Gasteiger partial charge in [0.25, 0.3) is 0 Å². The van der Waals surface area contributed by atoms with E-state index < -0.39 is 5.97 Å². The topological polar surface area (TPSA) is 26.3 Å². The molecular formula is C15H20O2. The van der Waals surface area contributed by atoms with E-state index in [1.54, 1.807) is 0 Å². The lowest BCUT2D eigenvalue weighted by molar-refractivity contribution is -0.133. The molecule has 0 unspecified atom stereocenters. The summed E-state index contributed by atoms with van der Waals surface area (Å²) < 4.78 is 4.41. The van der Waals surface area contributed by atoms with Crippen LogP contribution in [0.2, 0.25) is 0 Å². The van der Waals surface area contributed by atoms with E-state index in [9.17, 15) is 4.79 Å². The van der Waals surface area contributed by atoms with E-state index in [-0.39, 0.29) is 0 Å². The fraction of sp³-hybridized carbons (Fsp3) is 0.400. The molecule has 0 aliphatic carbocycles. The summed E-state index contributed by atoms with van der Waals surface area (Å²) in [7, 11) is 1.34. The number of carbonyl (C=O) groups excluding carboxylic acids is 1. The van der Waals surface area contributed by atoms with E-state index in [0.717, 1.165) is 25.7 Å². The average molecular weight is 232 g/mol. The molecule has 0 rings (SSSR count). The fourth-order valence-corrected chi connectivity index (χ4v) is 1.08. The Morgan fingerprint density at radius 1 is 1.18 bits per heavy atom. The number of hydrogen-bond acceptors (Lipinski definition) is 2. The summed E-state index contributed by atoms with van der Waals surface area (Å²) in [5, 5.41) is 0. The highest BCUT2D eigenvalue weighted by Gasteiger charge is 1.88. The fourth-order valence-electron chi connectivity index (χ4n) is 1.08. The van der Waals surface area contributed by atoms with E-state index in [1.807, 2.05) is 37.3 Å². The zero-order chi connectivity index (χ0) is 12.8. The van der Waals surface area contributed by atoms with E-state index in [0.29, 0.717) is 0 Å². The molecule has 0 aromatic heterocycles. The van der Waals surface area contributed by atoms with Gasteiger partial charge in [0.05, 0.1) is 7.11 Å². The third kappa shape index (κ3) is 12.2. The van der Waals surface area contributed by atoms with Crippen molar-refractivity contribution in [3.05, 3.63) is 36.5 Å². The molecular weight excluding hydrogens is 212 g/mol. The third-order valence-corrected chi connectivity index (χ3v) is 1.96. The Hall–Kier alpha value is -1.75. The van der Waals surface area contributed by atoms with Crippen molar-refractivity contribution in [2.45, 2.75) is 32.6 Å². The highest BCUT2D eigenvalue weighted by atomic mass is 16.5. The van der Waals surface area contributed by atoms with Crippen LogP contribution < -0.4 is 0 Å². The molecule has 0 aromatic carbocycles. The van der Waals surface area contributed by atoms with E-state index in [2.05, 4.69) is 22.7 Å². The number of esters is 1. The van der Waals surface area contributed by atoms with Crippen LogP contribution in [-0.2, 0) is 9.53 Å². The van der Waals surface area contributed by atoms with Crippen molar-refractivity contribution in [3.63, 3.8) is 0 Å². The Labute approximate surface area is 104 Å². The van der Waals surface area contributed by atoms with E-state index >= 15 is 0 Å². The number of carbonyl (C=O) groups is 1. The minimum absolute atomic E-state index is 0.459. The maximum Gasteiger partial charge on any atom is 0.384 e. The Kier molecular flexibility index (Phi) is 11.1. The molecule has 0 bridgehead atoms. The van der Waals surface area contributed by atoms with Crippen LogP contribution >= 0.6 is 0 Å². The Balaban J connectivity index is 3.45. The summed E-state index contributed by atoms with van der Waals surface area (Å²) in [6.07, 6.45) is 16.1. The van der Waals surface area contributed by atoms with Gasteiger partial charge in [0.2, 0.25) is 0 Å². The van der Waals surface area contributed by atoms with Crippen molar-refractivity contribution in [1.82, 2.24) is 0 Å². The van der Waals surface area contributed by atoms with Gasteiger partial charge in [-0.25, -0.2) is 4.79 Å². The quantitative estimate of drug-likeness (QED) is 0.231. The molecule has 0 radical (unpaired) electrons. The normalized spacial score (nSPS) is 10.9. The van der Waals surface area contributed by atoms with Crippen molar-refractivity contribution in [2.24, 2.45) is 0 Å². The summed E-state index contributed by atoms with van der Waals surface area (Å²) in [4.78, 5) is 10.7. The van der Waals surface area contributed by atoms with Crippen molar-refractivity contribution >= 4 is 5.97 Å². The Morgan fingerprint density at radius 3 is 2.65 bits per heavy atom. The largest absolute Gasteiger partial charge is 0.459 e. The second kappa shape index (κ2) is 12.3. The second-order valence-corrected chi connectivity index (χ2v) is 3.38. The summed E-state index contributed by atoms with van der Waals surface area (Å²) in [5.74, 6) is 4.73. The molecule has 17 heavy (non-hydrogen) atoms. The van der Waals surface area contributed by atoms with E-state index in [4.69, 9.17) is 0 Å². The molecule has 2 heteroatoms. The molecule has 0 fully saturated rings. The molecule has 92 valence electrons. The van der Waals surface area contributed by atoms with Gasteiger partial charge < -0.3 is 4.74 Å². The first-order valence-electron chi connectivity index (χ1n) is 5.82. The minimum atomic E-state index is -0.459. The number of allylic oxidation sites excluding steroid dienone is 6. The molecule has 0 saturated carbocycles. The molecule has 0 saturated heterocycles. The molecule has 2 nitrogen and oxygen atoms in total. The van der Waals surface area contributed by atoms with Crippen LogP contribution in [0.15, 0.2) is 36.5 Å². The third-order valence-electron chi connectivity index (χ3n) is 1.96. The van der Waals surface area contributed by atoms with Crippen LogP contribution in [0.5, 0.6) is 0 Å². The lowest BCUT2D eigenvalue weighted by Crippen LogP contribution is -1.94. The molecule has 0 N–H and O–H groups in total. The van der Waals surface area contributed by atoms with Crippen LogP contribution in [0.1, 0.15) is 32.6 Å². The molecule has 0 spiro atoms. The minimum Gasteiger partial charge on any atom is -0.459 e. The number of unbranched alkanes of at least 4 members (excludes halogenated alkanes) is 3. The molecule has 0 aliphatic rings. The van der Waals surface area contributed by atoms with E-state index in [1.165, 1.54) is 7.11 Å². The van der Waals surface area contributed by atoms with Crippen molar-refractivity contribution < 1.29 is 9.53 Å². The lowest BCUT2D eigenvalue weighted by Gasteiger charge is -1.90. The summed E-state index contributed by atoms with van der Waals surface area (Å²) in [5.41, 5.74) is 0. The maximum atomic E-state index is 10.7. The first-order chi connectivity index (χ1) is 8.31. The Bertz CT molecular complexity index is 338. The zero-order valence-electron chi connectivity index (χ0n) is 10.6. The number of methoxy groups -OCH3 is 1. The lowest BCUT2D eigenvalue weighted by atomic mass is 10.2. The number of hydrogen-bond donors (Lipinski definition) is 0. The maximum absolute atomic E-state index is 10.7. The monoisotopic (exact) mass is 232 g/mol. The van der Waals surface area contributed by atoms with Gasteiger partial charge in [0.1, 0.15) is 0 Å². The molecule has 0 atom stereocenters. The van der Waals surface area contributed by atoms with Crippen molar-refractivity contribution in [2.75, 3.05) is 7.11 Å². The van der Waals surface area contributed by atoms with Crippen LogP contribution in [0, 0.1) is 11.8 Å². The van der Waals surface area contributed by atoms with Gasteiger partial charge in [-0.15, -0.1) is 0 Å². The van der Waals surface area contributed by atoms with Gasteiger partial charge in [0, 0.05) is 12.3 Å². The smallest absolute Gasteiger partial charge is 0.384 e. The molecule has 0 amide bonds. The molecule has 0 heterocycles. The van der Waals surface area contributed by atoms with Crippen molar-refractivity contribution in [1.29, 1.82) is 0 Å². The Morgan fingerprint density at radius 2 is 1.94 bits per heavy atom. The molecule has 0 aliphatic heterocycles. The zero-order valence-corrected chi connectivity index (χ0v) is 10.6. The molecule has 0 aromatic rings. The predicted octanol–water partition coefficient (Wildman–Crippen LogP) is 3.41. The van der Waals surface area contributed by atoms with Gasteiger partial charge in [-0.3, -0.25) is 0 Å². The van der Waals surface area contributed by atoms with Gasteiger partial charge >= 0.3 is 5.97 Å². The highest BCUT2D eigenvalue weighted by Crippen LogP contribution is 1.99. The average Bonchev–Trinajstić information content (AvgIpc) is 2.35. The van der Waals surface area contributed by atoms with Crippen LogP contribution in [-0.4, -0.2) is 13.1 Å². The van der Waals surface area contributed by atoms with Crippen LogP contribution in [0.3, 0.4) is 0 Å². The highest BCUT2D eigenvalue weighted by molar-refractivity contribution is 5.88.